The highest BCUT2D eigenvalue weighted by atomic mass is 16.5. The van der Waals surface area contributed by atoms with Gasteiger partial charge in [-0.05, 0) is 117 Å². The number of nitrogens with zero attached hydrogens (tertiary/aromatic N) is 1. The Morgan fingerprint density at radius 2 is 1.49 bits per heavy atom. The molecular formula is C36H48N2O3. The fourth-order valence-electron chi connectivity index (χ4n) is 6.49. The molecule has 5 rings (SSSR count). The van der Waals surface area contributed by atoms with Gasteiger partial charge in [0.2, 0.25) is 0 Å². The van der Waals surface area contributed by atoms with Crippen molar-refractivity contribution in [2.24, 2.45) is 0 Å². The van der Waals surface area contributed by atoms with Crippen LogP contribution in [0.25, 0.3) is 0 Å². The lowest BCUT2D eigenvalue weighted by molar-refractivity contribution is 0.195. The standard InChI is InChI=1S/C36H48N2O3/c1-27(23-28-9-14-32(15-10-28)41-22-21-38-19-7-5-4-6-8-20-38)37-36-26-34(40-3)17-18-35(36)31-12-11-30-25-33(39-2)16-13-29(30)24-31/h9-10,13-18,25-27,31,37H,4-8,11-12,19-24H2,1-3H3. The number of aryl methyl sites for hydroxylation is 1. The molecule has 0 amide bonds. The summed E-state index contributed by atoms with van der Waals surface area (Å²) in [5, 5.41) is 3.83. The molecule has 5 heteroatoms. The smallest absolute Gasteiger partial charge is 0.120 e. The number of hydrogen-bond acceptors (Lipinski definition) is 5. The molecule has 0 bridgehead atoms. The van der Waals surface area contributed by atoms with Crippen LogP contribution >= 0.6 is 0 Å². The molecule has 1 fully saturated rings. The van der Waals surface area contributed by atoms with Crippen LogP contribution in [0.1, 0.15) is 73.6 Å². The lowest BCUT2D eigenvalue weighted by atomic mass is 9.79. The lowest BCUT2D eigenvalue weighted by Crippen LogP contribution is -2.31. The fraction of sp³-hybridized carbons (Fsp3) is 0.500. The highest BCUT2D eigenvalue weighted by Gasteiger charge is 2.23. The van der Waals surface area contributed by atoms with Crippen molar-refractivity contribution in [1.29, 1.82) is 0 Å². The minimum Gasteiger partial charge on any atom is -0.497 e. The fourth-order valence-corrected chi connectivity index (χ4v) is 6.49. The summed E-state index contributed by atoms with van der Waals surface area (Å²) in [5.41, 5.74) is 6.72. The molecule has 1 saturated heterocycles. The Balaban J connectivity index is 1.17. The summed E-state index contributed by atoms with van der Waals surface area (Å²) < 4.78 is 17.2. The van der Waals surface area contributed by atoms with E-state index in [4.69, 9.17) is 14.2 Å². The van der Waals surface area contributed by atoms with Gasteiger partial charge in [0.05, 0.1) is 14.2 Å². The first kappa shape index (κ1) is 29.3. The van der Waals surface area contributed by atoms with Crippen molar-refractivity contribution in [2.45, 2.75) is 76.7 Å². The number of anilines is 1. The average molecular weight is 557 g/mol. The van der Waals surface area contributed by atoms with E-state index in [-0.39, 0.29) is 6.04 Å². The van der Waals surface area contributed by atoms with E-state index in [1.165, 1.54) is 73.1 Å². The molecular weight excluding hydrogens is 508 g/mol. The molecule has 3 aromatic carbocycles. The van der Waals surface area contributed by atoms with Gasteiger partial charge in [-0.25, -0.2) is 0 Å². The second-order valence-electron chi connectivity index (χ2n) is 11.9. The van der Waals surface area contributed by atoms with E-state index in [0.717, 1.165) is 56.1 Å². The Bertz CT molecular complexity index is 1230. The zero-order chi connectivity index (χ0) is 28.4. The number of ether oxygens (including phenoxy) is 3. The SMILES string of the molecule is COc1ccc2c(c1)CCC(c1ccc(OC)cc1NC(C)Cc1ccc(OCCN3CCCCCCC3)cc1)C2. The van der Waals surface area contributed by atoms with Crippen molar-refractivity contribution in [3.8, 4) is 17.2 Å². The predicted molar refractivity (Wildman–Crippen MR) is 169 cm³/mol. The van der Waals surface area contributed by atoms with Gasteiger partial charge < -0.3 is 19.5 Å². The second-order valence-corrected chi connectivity index (χ2v) is 11.9. The summed E-state index contributed by atoms with van der Waals surface area (Å²) >= 11 is 0. The quantitative estimate of drug-likeness (QED) is 0.263. The van der Waals surface area contributed by atoms with Crippen molar-refractivity contribution in [1.82, 2.24) is 4.90 Å². The Kier molecular flexibility index (Phi) is 10.5. The summed E-state index contributed by atoms with van der Waals surface area (Å²) in [6.07, 6.45) is 11.0. The first-order valence-electron chi connectivity index (χ1n) is 15.7. The molecule has 2 atom stereocenters. The largest absolute Gasteiger partial charge is 0.497 e. The van der Waals surface area contributed by atoms with Crippen molar-refractivity contribution in [3.05, 3.63) is 82.9 Å². The van der Waals surface area contributed by atoms with Crippen LogP contribution in [0.3, 0.4) is 0 Å². The molecule has 5 nitrogen and oxygen atoms in total. The Morgan fingerprint density at radius 1 is 0.805 bits per heavy atom. The number of likely N-dealkylation sites (tertiary alicyclic amines) is 1. The van der Waals surface area contributed by atoms with Gasteiger partial charge in [0.15, 0.2) is 0 Å². The molecule has 0 spiro atoms. The number of nitrogens with one attached hydrogen (secondary N) is 1. The minimum absolute atomic E-state index is 0.278. The van der Waals surface area contributed by atoms with E-state index >= 15 is 0 Å². The van der Waals surface area contributed by atoms with E-state index in [1.807, 2.05) is 0 Å². The maximum Gasteiger partial charge on any atom is 0.120 e. The third-order valence-electron chi connectivity index (χ3n) is 8.83. The second kappa shape index (κ2) is 14.6. The molecule has 2 unspecified atom stereocenters. The summed E-state index contributed by atoms with van der Waals surface area (Å²) in [7, 11) is 3.48. The Hall–Kier alpha value is -3.18. The normalized spacial score (nSPS) is 18.5. The van der Waals surface area contributed by atoms with Gasteiger partial charge in [0.25, 0.3) is 0 Å². The molecule has 1 aliphatic heterocycles. The molecule has 0 radical (unpaired) electrons. The molecule has 220 valence electrons. The third kappa shape index (κ3) is 8.19. The van der Waals surface area contributed by atoms with Crippen molar-refractivity contribution >= 4 is 5.69 Å². The number of hydrogen-bond donors (Lipinski definition) is 1. The molecule has 0 saturated carbocycles. The molecule has 2 aliphatic rings. The van der Waals surface area contributed by atoms with E-state index in [9.17, 15) is 0 Å². The van der Waals surface area contributed by atoms with Crippen LogP contribution in [0.2, 0.25) is 0 Å². The summed E-state index contributed by atoms with van der Waals surface area (Å²) in [6, 6.07) is 22.0. The third-order valence-corrected chi connectivity index (χ3v) is 8.83. The van der Waals surface area contributed by atoms with E-state index in [2.05, 4.69) is 77.8 Å². The summed E-state index contributed by atoms with van der Waals surface area (Å²) in [6.45, 7) is 6.47. The van der Waals surface area contributed by atoms with Crippen molar-refractivity contribution < 1.29 is 14.2 Å². The van der Waals surface area contributed by atoms with Crippen LogP contribution in [-0.2, 0) is 19.3 Å². The molecule has 1 heterocycles. The number of rotatable bonds is 11. The summed E-state index contributed by atoms with van der Waals surface area (Å²) in [4.78, 5) is 2.57. The molecule has 1 aliphatic carbocycles. The van der Waals surface area contributed by atoms with E-state index in [0.29, 0.717) is 5.92 Å². The average Bonchev–Trinajstić information content (AvgIpc) is 2.98. The van der Waals surface area contributed by atoms with Crippen LogP contribution in [0.5, 0.6) is 17.2 Å². The van der Waals surface area contributed by atoms with Crippen molar-refractivity contribution in [2.75, 3.05) is 45.8 Å². The van der Waals surface area contributed by atoms with Gasteiger partial charge in [-0.1, -0.05) is 43.5 Å². The monoisotopic (exact) mass is 556 g/mol. The van der Waals surface area contributed by atoms with Gasteiger partial charge in [-0.2, -0.15) is 0 Å². The van der Waals surface area contributed by atoms with Gasteiger partial charge in [-0.3, -0.25) is 4.90 Å². The lowest BCUT2D eigenvalue weighted by Gasteiger charge is -2.28. The van der Waals surface area contributed by atoms with Crippen LogP contribution in [0, 0.1) is 0 Å². The maximum atomic E-state index is 6.10. The van der Waals surface area contributed by atoms with Gasteiger partial charge >= 0.3 is 0 Å². The van der Waals surface area contributed by atoms with Gasteiger partial charge in [0.1, 0.15) is 23.9 Å². The topological polar surface area (TPSA) is 43.0 Å². The minimum atomic E-state index is 0.278. The number of fused-ring (bicyclic) bond motifs is 1. The Labute approximate surface area is 247 Å². The first-order valence-corrected chi connectivity index (χ1v) is 15.7. The molecule has 3 aromatic rings. The van der Waals surface area contributed by atoms with E-state index in [1.54, 1.807) is 14.2 Å². The Morgan fingerprint density at radius 3 is 2.24 bits per heavy atom. The number of methoxy groups -OCH3 is 2. The molecule has 0 aromatic heterocycles. The van der Waals surface area contributed by atoms with Crippen molar-refractivity contribution in [3.63, 3.8) is 0 Å². The highest BCUT2D eigenvalue weighted by Crippen LogP contribution is 2.39. The van der Waals surface area contributed by atoms with Crippen LogP contribution in [0.4, 0.5) is 5.69 Å². The van der Waals surface area contributed by atoms with Crippen LogP contribution in [-0.4, -0.2) is 51.4 Å². The summed E-state index contributed by atoms with van der Waals surface area (Å²) in [5.74, 6) is 3.28. The van der Waals surface area contributed by atoms with Crippen LogP contribution in [0.15, 0.2) is 60.7 Å². The zero-order valence-corrected chi connectivity index (χ0v) is 25.3. The predicted octanol–water partition coefficient (Wildman–Crippen LogP) is 7.66. The first-order chi connectivity index (χ1) is 20.1. The zero-order valence-electron chi connectivity index (χ0n) is 25.3. The van der Waals surface area contributed by atoms with Gasteiger partial charge in [-0.15, -0.1) is 0 Å². The van der Waals surface area contributed by atoms with E-state index < -0.39 is 0 Å². The van der Waals surface area contributed by atoms with Crippen LogP contribution < -0.4 is 19.5 Å². The molecule has 41 heavy (non-hydrogen) atoms. The highest BCUT2D eigenvalue weighted by molar-refractivity contribution is 5.58. The molecule has 1 N–H and O–H groups in total. The number of benzene rings is 3. The van der Waals surface area contributed by atoms with Gasteiger partial charge in [0, 0.05) is 24.3 Å². The maximum absolute atomic E-state index is 6.10.